The van der Waals surface area contributed by atoms with Crippen molar-refractivity contribution in [3.63, 3.8) is 0 Å². The minimum Gasteiger partial charge on any atom is -0.322 e. The molecule has 0 spiro atoms. The van der Waals surface area contributed by atoms with E-state index in [1.807, 2.05) is 32.0 Å². The Balaban J connectivity index is 0.000000924. The fourth-order valence-electron chi connectivity index (χ4n) is 2.95. The van der Waals surface area contributed by atoms with Gasteiger partial charge in [-0.1, -0.05) is 39.8 Å². The number of piperidine rings is 1. The fourth-order valence-corrected chi connectivity index (χ4v) is 2.95. The van der Waals surface area contributed by atoms with Crippen molar-refractivity contribution in [3.8, 4) is 0 Å². The van der Waals surface area contributed by atoms with Crippen LogP contribution < -0.4 is 5.32 Å². The number of nitrogens with one attached hydrogen (secondary N) is 1. The second kappa shape index (κ2) is 6.94. The minimum absolute atomic E-state index is 0.116. The van der Waals surface area contributed by atoms with Crippen molar-refractivity contribution in [2.24, 2.45) is 0 Å². The van der Waals surface area contributed by atoms with Gasteiger partial charge in [-0.2, -0.15) is 0 Å². The molecule has 1 fully saturated rings. The molecule has 1 N–H and O–H groups in total. The van der Waals surface area contributed by atoms with Crippen LogP contribution in [0.4, 0.5) is 0 Å². The number of carbonyl (C=O) groups excluding carboxylic acids is 3. The topological polar surface area (TPSA) is 66.5 Å². The molecule has 124 valence electrons. The summed E-state index contributed by atoms with van der Waals surface area (Å²) in [4.78, 5) is 37.2. The number of fused-ring (bicyclic) bond motifs is 1. The lowest BCUT2D eigenvalue weighted by Gasteiger charge is -2.29. The lowest BCUT2D eigenvalue weighted by Crippen LogP contribution is -2.52. The average Bonchev–Trinajstić information content (AvgIpc) is 2.85. The van der Waals surface area contributed by atoms with Gasteiger partial charge in [0.1, 0.15) is 6.04 Å². The summed E-state index contributed by atoms with van der Waals surface area (Å²) in [6, 6.07) is 5.32. The number of amides is 3. The highest BCUT2D eigenvalue weighted by atomic mass is 16.2. The summed E-state index contributed by atoms with van der Waals surface area (Å²) < 4.78 is 0. The van der Waals surface area contributed by atoms with Crippen LogP contribution in [-0.4, -0.2) is 28.7 Å². The fraction of sp³-hybridized carbons (Fsp3) is 0.500. The maximum atomic E-state index is 12.5. The molecule has 2 aliphatic rings. The first kappa shape index (κ1) is 17.2. The highest BCUT2D eigenvalue weighted by molar-refractivity contribution is 6.05. The third kappa shape index (κ3) is 3.28. The molecule has 0 radical (unpaired) electrons. The van der Waals surface area contributed by atoms with Crippen LogP contribution in [0.2, 0.25) is 0 Å². The van der Waals surface area contributed by atoms with Crippen LogP contribution in [0.3, 0.4) is 0 Å². The Morgan fingerprint density at radius 3 is 2.48 bits per heavy atom. The van der Waals surface area contributed by atoms with Gasteiger partial charge < -0.3 is 4.90 Å². The number of rotatable bonds is 2. The quantitative estimate of drug-likeness (QED) is 0.853. The Morgan fingerprint density at radius 2 is 1.87 bits per heavy atom. The molecule has 2 aliphatic heterocycles. The normalized spacial score (nSPS) is 20.1. The summed E-state index contributed by atoms with van der Waals surface area (Å²) >= 11 is 0. The molecule has 5 nitrogen and oxygen atoms in total. The molecule has 3 rings (SSSR count). The van der Waals surface area contributed by atoms with E-state index in [-0.39, 0.29) is 24.1 Å². The Kier molecular flexibility index (Phi) is 5.19. The van der Waals surface area contributed by atoms with E-state index in [1.165, 1.54) is 5.56 Å². The predicted molar refractivity (Wildman–Crippen MR) is 87.9 cm³/mol. The van der Waals surface area contributed by atoms with E-state index in [2.05, 4.69) is 19.2 Å². The molecule has 1 unspecified atom stereocenters. The van der Waals surface area contributed by atoms with E-state index < -0.39 is 6.04 Å². The second-order valence-electron chi connectivity index (χ2n) is 5.97. The summed E-state index contributed by atoms with van der Waals surface area (Å²) in [5.41, 5.74) is 2.83. The molecule has 0 saturated carbocycles. The van der Waals surface area contributed by atoms with Crippen molar-refractivity contribution in [3.05, 3.63) is 34.9 Å². The van der Waals surface area contributed by atoms with Gasteiger partial charge in [-0.25, -0.2) is 0 Å². The largest absolute Gasteiger partial charge is 0.322 e. The van der Waals surface area contributed by atoms with Gasteiger partial charge in [0.25, 0.3) is 5.91 Å². The minimum atomic E-state index is -0.537. The van der Waals surface area contributed by atoms with Gasteiger partial charge in [-0.3, -0.25) is 19.7 Å². The van der Waals surface area contributed by atoms with Crippen molar-refractivity contribution in [2.45, 2.75) is 59.0 Å². The highest BCUT2D eigenvalue weighted by Crippen LogP contribution is 2.29. The molecule has 1 atom stereocenters. The van der Waals surface area contributed by atoms with E-state index in [0.29, 0.717) is 24.4 Å². The molecule has 2 heterocycles. The van der Waals surface area contributed by atoms with Crippen LogP contribution in [0.15, 0.2) is 18.2 Å². The van der Waals surface area contributed by atoms with Crippen LogP contribution in [0.5, 0.6) is 0 Å². The highest BCUT2D eigenvalue weighted by Gasteiger charge is 2.39. The molecule has 0 aromatic heterocycles. The third-order valence-corrected chi connectivity index (χ3v) is 4.21. The van der Waals surface area contributed by atoms with E-state index in [9.17, 15) is 14.4 Å². The molecule has 1 aromatic rings. The first-order chi connectivity index (χ1) is 11.0. The number of imide groups is 1. The first-order valence-electron chi connectivity index (χ1n) is 8.25. The van der Waals surface area contributed by atoms with E-state index in [4.69, 9.17) is 0 Å². The summed E-state index contributed by atoms with van der Waals surface area (Å²) in [6.45, 7) is 8.66. The number of benzene rings is 1. The Morgan fingerprint density at radius 1 is 1.17 bits per heavy atom. The molecule has 5 heteroatoms. The van der Waals surface area contributed by atoms with E-state index in [0.717, 1.165) is 5.56 Å². The van der Waals surface area contributed by atoms with Crippen LogP contribution in [0.1, 0.15) is 67.9 Å². The molecule has 0 aliphatic carbocycles. The van der Waals surface area contributed by atoms with Gasteiger partial charge in [-0.05, 0) is 29.5 Å². The standard InChI is InChI=1S/C16H18N2O3.C2H6/c1-9(2)10-3-4-12-11(7-10)8-18(16(12)21)13-5-6-14(19)17-15(13)20;1-2/h3-4,7,9,13H,5-6,8H2,1-2H3,(H,17,19,20);1-2H3. The summed E-state index contributed by atoms with van der Waals surface area (Å²) in [5, 5.41) is 2.31. The molecule has 1 saturated heterocycles. The lowest BCUT2D eigenvalue weighted by molar-refractivity contribution is -0.136. The summed E-state index contributed by atoms with van der Waals surface area (Å²) in [5.74, 6) is -0.344. The number of hydrogen-bond acceptors (Lipinski definition) is 3. The maximum absolute atomic E-state index is 12.5. The number of hydrogen-bond donors (Lipinski definition) is 1. The maximum Gasteiger partial charge on any atom is 0.255 e. The van der Waals surface area contributed by atoms with Crippen LogP contribution in [0.25, 0.3) is 0 Å². The van der Waals surface area contributed by atoms with Gasteiger partial charge in [0.15, 0.2) is 0 Å². The molecule has 3 amide bonds. The zero-order valence-electron chi connectivity index (χ0n) is 14.2. The van der Waals surface area contributed by atoms with Crippen LogP contribution in [-0.2, 0) is 16.1 Å². The molecule has 1 aromatic carbocycles. The van der Waals surface area contributed by atoms with Crippen molar-refractivity contribution < 1.29 is 14.4 Å². The van der Waals surface area contributed by atoms with Crippen LogP contribution in [0, 0.1) is 0 Å². The van der Waals surface area contributed by atoms with Gasteiger partial charge in [-0.15, -0.1) is 0 Å². The Hall–Kier alpha value is -2.17. The molecule has 23 heavy (non-hydrogen) atoms. The summed E-state index contributed by atoms with van der Waals surface area (Å²) in [7, 11) is 0. The number of nitrogens with zero attached hydrogens (tertiary/aromatic N) is 1. The van der Waals surface area contributed by atoms with Crippen molar-refractivity contribution in [1.82, 2.24) is 10.2 Å². The lowest BCUT2D eigenvalue weighted by atomic mass is 9.98. The van der Waals surface area contributed by atoms with E-state index in [1.54, 1.807) is 4.90 Å². The van der Waals surface area contributed by atoms with Gasteiger partial charge in [0.05, 0.1) is 0 Å². The monoisotopic (exact) mass is 316 g/mol. The predicted octanol–water partition coefficient (Wildman–Crippen LogP) is 2.60. The SMILES string of the molecule is CC.CC(C)c1ccc2c(c1)CN(C1CCC(=O)NC1=O)C2=O. The average molecular weight is 316 g/mol. The Bertz CT molecular complexity index is 637. The van der Waals surface area contributed by atoms with Crippen molar-refractivity contribution >= 4 is 17.7 Å². The van der Waals surface area contributed by atoms with Crippen molar-refractivity contribution in [2.75, 3.05) is 0 Å². The Labute approximate surface area is 137 Å². The first-order valence-corrected chi connectivity index (χ1v) is 8.25. The third-order valence-electron chi connectivity index (χ3n) is 4.21. The van der Waals surface area contributed by atoms with Crippen LogP contribution >= 0.6 is 0 Å². The summed E-state index contributed by atoms with van der Waals surface area (Å²) in [6.07, 6.45) is 0.690. The van der Waals surface area contributed by atoms with Gasteiger partial charge in [0.2, 0.25) is 11.8 Å². The zero-order chi connectivity index (χ0) is 17.1. The number of carbonyl (C=O) groups is 3. The molecular weight excluding hydrogens is 292 g/mol. The van der Waals surface area contributed by atoms with E-state index >= 15 is 0 Å². The zero-order valence-corrected chi connectivity index (χ0v) is 14.2. The van der Waals surface area contributed by atoms with Gasteiger partial charge >= 0.3 is 0 Å². The second-order valence-corrected chi connectivity index (χ2v) is 5.97. The molecule has 0 bridgehead atoms. The van der Waals surface area contributed by atoms with Gasteiger partial charge in [0, 0.05) is 18.5 Å². The molecular formula is C18H24N2O3. The van der Waals surface area contributed by atoms with Crippen molar-refractivity contribution in [1.29, 1.82) is 0 Å². The smallest absolute Gasteiger partial charge is 0.255 e.